The van der Waals surface area contributed by atoms with Crippen LogP contribution in [-0.2, 0) is 4.84 Å². The van der Waals surface area contributed by atoms with Crippen LogP contribution in [0.25, 0.3) is 0 Å². The predicted molar refractivity (Wildman–Crippen MR) is 69.6 cm³/mol. The summed E-state index contributed by atoms with van der Waals surface area (Å²) in [4.78, 5) is 16.7. The second-order valence-electron chi connectivity index (χ2n) is 3.56. The van der Waals surface area contributed by atoms with Gasteiger partial charge in [0, 0.05) is 0 Å². The molecule has 94 valence electrons. The van der Waals surface area contributed by atoms with Crippen molar-refractivity contribution >= 4 is 11.7 Å². The minimum Gasteiger partial charge on any atom is -1.00 e. The molecule has 5 heteroatoms. The van der Waals surface area contributed by atoms with E-state index in [4.69, 9.17) is 9.57 Å². The monoisotopic (exact) mass is 283 g/mol. The van der Waals surface area contributed by atoms with Gasteiger partial charge in [0.05, 0.1) is 12.7 Å². The number of carbonyl (C=O) groups is 1. The average molecular weight is 283 g/mol. The van der Waals surface area contributed by atoms with Gasteiger partial charge in [-0.15, -0.1) is 0 Å². The summed E-state index contributed by atoms with van der Waals surface area (Å²) in [6.07, 6.45) is 0. The maximum atomic E-state index is 11.7. The van der Waals surface area contributed by atoms with Gasteiger partial charge in [-0.25, -0.2) is 10.3 Å². The molecule has 2 rings (SSSR count). The Morgan fingerprint density at radius 3 is 2.37 bits per heavy atom. The van der Waals surface area contributed by atoms with E-state index >= 15 is 0 Å². The zero-order chi connectivity index (χ0) is 12.8. The van der Waals surface area contributed by atoms with Crippen LogP contribution >= 0.6 is 0 Å². The van der Waals surface area contributed by atoms with Crippen molar-refractivity contribution in [3.63, 3.8) is 0 Å². The first-order valence-electron chi connectivity index (χ1n) is 5.46. The van der Waals surface area contributed by atoms with Gasteiger partial charge in [0.1, 0.15) is 11.4 Å². The van der Waals surface area contributed by atoms with Crippen LogP contribution in [-0.4, -0.2) is 13.1 Å². The van der Waals surface area contributed by atoms with Crippen LogP contribution in [0.5, 0.6) is 5.75 Å². The van der Waals surface area contributed by atoms with Gasteiger partial charge < -0.3 is 11.0 Å². The standard InChI is InChI=1S/C14H13NO3.K.H/c1-17-13-10-6-5-9-12(13)15-18-14(16)11-7-3-2-4-8-11;;/h2-10,15H,1H3;;/q;+1;-1. The second kappa shape index (κ2) is 8.34. The van der Waals surface area contributed by atoms with Gasteiger partial charge >= 0.3 is 57.4 Å². The average Bonchev–Trinajstić information content (AvgIpc) is 2.46. The van der Waals surface area contributed by atoms with Crippen molar-refractivity contribution in [3.8, 4) is 5.75 Å². The van der Waals surface area contributed by atoms with Crippen LogP contribution in [0.3, 0.4) is 0 Å². The van der Waals surface area contributed by atoms with E-state index in [2.05, 4.69) is 5.48 Å². The Morgan fingerprint density at radius 1 is 1.05 bits per heavy atom. The molecule has 0 heterocycles. The molecule has 0 fully saturated rings. The van der Waals surface area contributed by atoms with Gasteiger partial charge in [0.2, 0.25) is 0 Å². The number of hydrogen-bond donors (Lipinski definition) is 1. The third kappa shape index (κ3) is 4.63. The largest absolute Gasteiger partial charge is 1.00 e. The van der Waals surface area contributed by atoms with Crippen LogP contribution < -0.4 is 61.6 Å². The van der Waals surface area contributed by atoms with E-state index < -0.39 is 5.97 Å². The first-order valence-corrected chi connectivity index (χ1v) is 5.46. The quantitative estimate of drug-likeness (QED) is 0.634. The molecule has 0 radical (unpaired) electrons. The van der Waals surface area contributed by atoms with Gasteiger partial charge in [-0.2, -0.15) is 0 Å². The third-order valence-electron chi connectivity index (χ3n) is 2.37. The molecule has 0 spiro atoms. The van der Waals surface area contributed by atoms with Crippen LogP contribution in [0.1, 0.15) is 11.8 Å². The van der Waals surface area contributed by atoms with Crippen molar-refractivity contribution in [2.45, 2.75) is 0 Å². The summed E-state index contributed by atoms with van der Waals surface area (Å²) >= 11 is 0. The molecule has 2 aromatic rings. The van der Waals surface area contributed by atoms with Crippen LogP contribution in [0.15, 0.2) is 54.6 Å². The van der Waals surface area contributed by atoms with Crippen molar-refractivity contribution in [2.75, 3.05) is 12.6 Å². The zero-order valence-corrected chi connectivity index (χ0v) is 14.0. The minimum absolute atomic E-state index is 0. The maximum absolute atomic E-state index is 11.7. The molecule has 0 saturated heterocycles. The Morgan fingerprint density at radius 2 is 1.68 bits per heavy atom. The molecule has 0 aliphatic carbocycles. The maximum Gasteiger partial charge on any atom is 1.00 e. The first kappa shape index (κ1) is 16.2. The van der Waals surface area contributed by atoms with Gasteiger partial charge in [0.25, 0.3) is 0 Å². The second-order valence-corrected chi connectivity index (χ2v) is 3.56. The number of ether oxygens (including phenoxy) is 1. The van der Waals surface area contributed by atoms with Crippen molar-refractivity contribution < 1.29 is 67.2 Å². The molecular weight excluding hydrogens is 269 g/mol. The first-order chi connectivity index (χ1) is 8.81. The fraction of sp³-hybridized carbons (Fsp3) is 0.0714. The molecule has 0 unspecified atom stereocenters. The summed E-state index contributed by atoms with van der Waals surface area (Å²) < 4.78 is 5.13. The molecule has 2 aromatic carbocycles. The molecule has 19 heavy (non-hydrogen) atoms. The zero-order valence-electron chi connectivity index (χ0n) is 11.9. The summed E-state index contributed by atoms with van der Waals surface area (Å²) in [5.41, 5.74) is 3.68. The Hall–Kier alpha value is -0.854. The van der Waals surface area contributed by atoms with E-state index in [9.17, 15) is 4.79 Å². The Labute approximate surface area is 156 Å². The van der Waals surface area contributed by atoms with Crippen molar-refractivity contribution in [3.05, 3.63) is 60.2 Å². The van der Waals surface area contributed by atoms with Crippen LogP contribution in [0, 0.1) is 0 Å². The number of benzene rings is 2. The van der Waals surface area contributed by atoms with Crippen molar-refractivity contribution in [2.24, 2.45) is 0 Å². The smallest absolute Gasteiger partial charge is 1.00 e. The number of hydrogen-bond acceptors (Lipinski definition) is 4. The number of anilines is 1. The molecule has 0 bridgehead atoms. The number of methoxy groups -OCH3 is 1. The van der Waals surface area contributed by atoms with Gasteiger partial charge in [-0.1, -0.05) is 30.3 Å². The van der Waals surface area contributed by atoms with Gasteiger partial charge in [-0.3, -0.25) is 0 Å². The number of carbonyl (C=O) groups excluding carboxylic acids is 1. The molecular formula is C14H14KNO3. The normalized spacial score (nSPS) is 9.11. The fourth-order valence-electron chi connectivity index (χ4n) is 1.46. The van der Waals surface area contributed by atoms with E-state index in [0.29, 0.717) is 17.0 Å². The third-order valence-corrected chi connectivity index (χ3v) is 2.37. The van der Waals surface area contributed by atoms with Gasteiger partial charge in [-0.05, 0) is 24.3 Å². The van der Waals surface area contributed by atoms with E-state index in [1.807, 2.05) is 18.2 Å². The number of nitrogens with one attached hydrogen (secondary N) is 1. The summed E-state index contributed by atoms with van der Waals surface area (Å²) in [6, 6.07) is 16.0. The molecule has 1 N–H and O–H groups in total. The van der Waals surface area contributed by atoms with E-state index in [-0.39, 0.29) is 52.8 Å². The van der Waals surface area contributed by atoms with E-state index in [1.165, 1.54) is 0 Å². The number of para-hydroxylation sites is 2. The molecule has 0 aliphatic rings. The minimum atomic E-state index is -0.443. The molecule has 0 saturated carbocycles. The Kier molecular flexibility index (Phi) is 7.11. The van der Waals surface area contributed by atoms with Crippen LogP contribution in [0.4, 0.5) is 5.69 Å². The Bertz CT molecular complexity index is 537. The van der Waals surface area contributed by atoms with Crippen molar-refractivity contribution in [1.29, 1.82) is 0 Å². The molecule has 0 atom stereocenters. The summed E-state index contributed by atoms with van der Waals surface area (Å²) in [6.45, 7) is 0. The summed E-state index contributed by atoms with van der Waals surface area (Å²) in [5.74, 6) is 0.167. The summed E-state index contributed by atoms with van der Waals surface area (Å²) in [5, 5.41) is 0. The molecule has 0 aliphatic heterocycles. The molecule has 0 aromatic heterocycles. The van der Waals surface area contributed by atoms with Crippen molar-refractivity contribution in [1.82, 2.24) is 0 Å². The predicted octanol–water partition coefficient (Wildman–Crippen LogP) is -0.00440. The molecule has 4 nitrogen and oxygen atoms in total. The van der Waals surface area contributed by atoms with E-state index in [0.717, 1.165) is 0 Å². The topological polar surface area (TPSA) is 47.6 Å². The fourth-order valence-corrected chi connectivity index (χ4v) is 1.46. The molecule has 0 amide bonds. The number of rotatable bonds is 4. The summed E-state index contributed by atoms with van der Waals surface area (Å²) in [7, 11) is 1.56. The van der Waals surface area contributed by atoms with E-state index in [1.54, 1.807) is 43.5 Å². The Balaban J connectivity index is 0.00000180. The van der Waals surface area contributed by atoms with Gasteiger partial charge in [0.15, 0.2) is 0 Å². The van der Waals surface area contributed by atoms with Crippen LogP contribution in [0.2, 0.25) is 0 Å². The SMILES string of the molecule is COc1ccccc1NOC(=O)c1ccccc1.[H-].[K+].